The van der Waals surface area contributed by atoms with E-state index in [4.69, 9.17) is 46.4 Å². The number of halogens is 4. The Morgan fingerprint density at radius 2 is 1.73 bits per heavy atom. The number of amides is 1. The first-order chi connectivity index (χ1) is 10.5. The zero-order valence-corrected chi connectivity index (χ0v) is 14.9. The van der Waals surface area contributed by atoms with Crippen molar-refractivity contribution in [1.82, 2.24) is 0 Å². The van der Waals surface area contributed by atoms with E-state index in [2.05, 4.69) is 0 Å². The van der Waals surface area contributed by atoms with Crippen LogP contribution in [-0.2, 0) is 4.79 Å². The van der Waals surface area contributed by atoms with Gasteiger partial charge >= 0.3 is 0 Å². The highest BCUT2D eigenvalue weighted by molar-refractivity contribution is 8.00. The van der Waals surface area contributed by atoms with Crippen LogP contribution in [0.5, 0.6) is 0 Å². The third kappa shape index (κ3) is 3.06. The normalized spacial score (nSPS) is 18.1. The Morgan fingerprint density at radius 1 is 0.955 bits per heavy atom. The second-order valence-electron chi connectivity index (χ2n) is 4.69. The molecular weight excluding hydrogens is 384 g/mol. The maximum atomic E-state index is 12.3. The minimum Gasteiger partial charge on any atom is -0.295 e. The van der Waals surface area contributed by atoms with Crippen LogP contribution in [-0.4, -0.2) is 11.7 Å². The Balaban J connectivity index is 2.03. The van der Waals surface area contributed by atoms with Crippen LogP contribution in [0.25, 0.3) is 0 Å². The van der Waals surface area contributed by atoms with Crippen molar-refractivity contribution >= 4 is 69.8 Å². The van der Waals surface area contributed by atoms with Gasteiger partial charge in [-0.05, 0) is 30.3 Å². The number of nitrogens with zero attached hydrogens (tertiary/aromatic N) is 1. The second-order valence-corrected chi connectivity index (χ2v) is 7.42. The Bertz CT molecular complexity index is 752. The molecule has 1 aliphatic rings. The number of hydrogen-bond donors (Lipinski definition) is 0. The van der Waals surface area contributed by atoms with E-state index in [1.54, 1.807) is 35.2 Å². The van der Waals surface area contributed by atoms with Crippen LogP contribution in [0.2, 0.25) is 20.1 Å². The van der Waals surface area contributed by atoms with Crippen LogP contribution in [0.3, 0.4) is 0 Å². The lowest BCUT2D eigenvalue weighted by atomic mass is 10.2. The maximum absolute atomic E-state index is 12.3. The van der Waals surface area contributed by atoms with E-state index in [-0.39, 0.29) is 11.3 Å². The molecule has 114 valence electrons. The minimum atomic E-state index is -0.213. The molecule has 2 nitrogen and oxygen atoms in total. The first-order valence-corrected chi connectivity index (χ1v) is 8.87. The van der Waals surface area contributed by atoms with E-state index in [9.17, 15) is 4.79 Å². The van der Waals surface area contributed by atoms with E-state index in [1.165, 1.54) is 11.8 Å². The third-order valence-electron chi connectivity index (χ3n) is 3.28. The summed E-state index contributed by atoms with van der Waals surface area (Å²) in [7, 11) is 0. The summed E-state index contributed by atoms with van der Waals surface area (Å²) >= 11 is 25.7. The number of benzene rings is 2. The molecule has 0 saturated carbocycles. The highest BCUT2D eigenvalue weighted by atomic mass is 35.5. The van der Waals surface area contributed by atoms with Crippen molar-refractivity contribution in [2.24, 2.45) is 0 Å². The predicted octanol–water partition coefficient (Wildman–Crippen LogP) is 6.08. The van der Waals surface area contributed by atoms with Crippen LogP contribution in [0.15, 0.2) is 36.4 Å². The van der Waals surface area contributed by atoms with Gasteiger partial charge in [0.25, 0.3) is 0 Å². The monoisotopic (exact) mass is 391 g/mol. The molecule has 1 amide bonds. The van der Waals surface area contributed by atoms with E-state index in [1.807, 2.05) is 6.07 Å². The molecule has 0 spiro atoms. The molecule has 22 heavy (non-hydrogen) atoms. The fourth-order valence-corrected chi connectivity index (χ4v) is 4.35. The Morgan fingerprint density at radius 3 is 2.41 bits per heavy atom. The van der Waals surface area contributed by atoms with Gasteiger partial charge in [0.2, 0.25) is 5.91 Å². The van der Waals surface area contributed by atoms with E-state index in [0.717, 1.165) is 5.56 Å². The average Bonchev–Trinajstić information content (AvgIpc) is 2.84. The quantitative estimate of drug-likeness (QED) is 0.617. The van der Waals surface area contributed by atoms with Gasteiger partial charge in [0.1, 0.15) is 5.37 Å². The molecule has 1 fully saturated rings. The van der Waals surface area contributed by atoms with Crippen molar-refractivity contribution in [3.05, 3.63) is 62.1 Å². The molecule has 0 bridgehead atoms. The topological polar surface area (TPSA) is 20.3 Å². The molecule has 7 heteroatoms. The first-order valence-electron chi connectivity index (χ1n) is 6.31. The highest BCUT2D eigenvalue weighted by Crippen LogP contribution is 2.45. The van der Waals surface area contributed by atoms with Gasteiger partial charge in [0.15, 0.2) is 0 Å². The number of thioether (sulfide) groups is 1. The van der Waals surface area contributed by atoms with Gasteiger partial charge in [-0.15, -0.1) is 11.8 Å². The summed E-state index contributed by atoms with van der Waals surface area (Å²) in [6, 6.07) is 10.4. The van der Waals surface area contributed by atoms with Crippen LogP contribution >= 0.6 is 58.2 Å². The molecule has 3 rings (SSSR count). The van der Waals surface area contributed by atoms with Gasteiger partial charge in [-0.2, -0.15) is 0 Å². The molecule has 1 saturated heterocycles. The van der Waals surface area contributed by atoms with Crippen LogP contribution < -0.4 is 4.90 Å². The lowest BCUT2D eigenvalue weighted by Crippen LogP contribution is -2.27. The second kappa shape index (κ2) is 6.50. The summed E-state index contributed by atoms with van der Waals surface area (Å²) in [6.07, 6.45) is 0. The lowest BCUT2D eigenvalue weighted by Gasteiger charge is -2.25. The van der Waals surface area contributed by atoms with Gasteiger partial charge < -0.3 is 0 Å². The first kappa shape index (κ1) is 16.3. The van der Waals surface area contributed by atoms with Crippen molar-refractivity contribution in [3.63, 3.8) is 0 Å². The van der Waals surface area contributed by atoms with Crippen molar-refractivity contribution in [2.45, 2.75) is 5.37 Å². The van der Waals surface area contributed by atoms with Crippen LogP contribution in [0, 0.1) is 0 Å². The van der Waals surface area contributed by atoms with Crippen molar-refractivity contribution < 1.29 is 4.79 Å². The molecule has 0 aromatic heterocycles. The SMILES string of the molecule is O=C1CS[C@H](c2ccc(Cl)cc2Cl)N1c1ccc(Cl)c(Cl)c1. The summed E-state index contributed by atoms with van der Waals surface area (Å²) in [5.74, 6) is 0.378. The standard InChI is InChI=1S/C15H9Cl4NOS/c16-8-1-3-10(12(18)5-8)15-20(14(21)7-22-15)9-2-4-11(17)13(19)6-9/h1-6,15H,7H2/t15-/m1/s1. The van der Waals surface area contributed by atoms with E-state index >= 15 is 0 Å². The summed E-state index contributed by atoms with van der Waals surface area (Å²) in [5.41, 5.74) is 1.54. The molecular formula is C15H9Cl4NOS. The number of hydrogen-bond acceptors (Lipinski definition) is 2. The predicted molar refractivity (Wildman–Crippen MR) is 95.6 cm³/mol. The summed E-state index contributed by atoms with van der Waals surface area (Å²) in [4.78, 5) is 14.0. The Hall–Kier alpha value is -0.580. The maximum Gasteiger partial charge on any atom is 0.238 e. The van der Waals surface area contributed by atoms with Gasteiger partial charge in [-0.1, -0.05) is 52.5 Å². The lowest BCUT2D eigenvalue weighted by molar-refractivity contribution is -0.115. The molecule has 0 radical (unpaired) electrons. The van der Waals surface area contributed by atoms with Crippen LogP contribution in [0.1, 0.15) is 10.9 Å². The fraction of sp³-hybridized carbons (Fsp3) is 0.133. The summed E-state index contributed by atoms with van der Waals surface area (Å²) in [5, 5.41) is 1.74. The Labute approximate surface area is 152 Å². The smallest absolute Gasteiger partial charge is 0.238 e. The average molecular weight is 393 g/mol. The molecule has 1 atom stereocenters. The third-order valence-corrected chi connectivity index (χ3v) is 5.77. The highest BCUT2D eigenvalue weighted by Gasteiger charge is 2.35. The molecule has 0 aliphatic carbocycles. The van der Waals surface area contributed by atoms with E-state index in [0.29, 0.717) is 31.5 Å². The molecule has 1 aliphatic heterocycles. The van der Waals surface area contributed by atoms with E-state index < -0.39 is 0 Å². The largest absolute Gasteiger partial charge is 0.295 e. The summed E-state index contributed by atoms with van der Waals surface area (Å²) < 4.78 is 0. The van der Waals surface area contributed by atoms with Gasteiger partial charge in [0.05, 0.1) is 15.8 Å². The minimum absolute atomic E-state index is 0.000550. The molecule has 0 unspecified atom stereocenters. The molecule has 1 heterocycles. The van der Waals surface area contributed by atoms with Crippen LogP contribution in [0.4, 0.5) is 5.69 Å². The zero-order chi connectivity index (χ0) is 15.9. The molecule has 2 aromatic rings. The van der Waals surface area contributed by atoms with Gasteiger partial charge in [-0.3, -0.25) is 9.69 Å². The number of rotatable bonds is 2. The van der Waals surface area contributed by atoms with Crippen molar-refractivity contribution in [3.8, 4) is 0 Å². The number of carbonyl (C=O) groups is 1. The van der Waals surface area contributed by atoms with Crippen molar-refractivity contribution in [2.75, 3.05) is 10.7 Å². The summed E-state index contributed by atoms with van der Waals surface area (Å²) in [6.45, 7) is 0. The van der Waals surface area contributed by atoms with Gasteiger partial charge in [-0.25, -0.2) is 0 Å². The Kier molecular flexibility index (Phi) is 4.81. The van der Waals surface area contributed by atoms with Gasteiger partial charge in [0, 0.05) is 21.3 Å². The number of anilines is 1. The zero-order valence-electron chi connectivity index (χ0n) is 11.0. The van der Waals surface area contributed by atoms with Crippen molar-refractivity contribution in [1.29, 1.82) is 0 Å². The fourth-order valence-electron chi connectivity index (χ4n) is 2.27. The number of carbonyl (C=O) groups excluding carboxylic acids is 1. The molecule has 0 N–H and O–H groups in total. The molecule has 2 aromatic carbocycles.